The summed E-state index contributed by atoms with van der Waals surface area (Å²) < 4.78 is 0. The second kappa shape index (κ2) is 5.56. The van der Waals surface area contributed by atoms with Crippen LogP contribution in [0.15, 0.2) is 18.3 Å². The molecule has 1 aromatic rings. The fourth-order valence-electron chi connectivity index (χ4n) is 1.02. The number of halogens is 1. The second-order valence-corrected chi connectivity index (χ2v) is 3.87. The number of hydrogen-bond donors (Lipinski definition) is 2. The van der Waals surface area contributed by atoms with Crippen molar-refractivity contribution in [3.05, 3.63) is 23.4 Å². The van der Waals surface area contributed by atoms with Crippen LogP contribution >= 0.6 is 11.6 Å². The van der Waals surface area contributed by atoms with Crippen LogP contribution in [0.3, 0.4) is 0 Å². The van der Waals surface area contributed by atoms with Crippen molar-refractivity contribution in [2.75, 3.05) is 11.9 Å². The zero-order valence-electron chi connectivity index (χ0n) is 8.75. The van der Waals surface area contributed by atoms with Crippen LogP contribution in [0, 0.1) is 0 Å². The van der Waals surface area contributed by atoms with Gasteiger partial charge in [0.25, 0.3) is 0 Å². The van der Waals surface area contributed by atoms with Crippen molar-refractivity contribution in [2.45, 2.75) is 19.9 Å². The van der Waals surface area contributed by atoms with Crippen molar-refractivity contribution in [1.82, 2.24) is 10.3 Å². The maximum absolute atomic E-state index is 11.3. The lowest BCUT2D eigenvalue weighted by Crippen LogP contribution is -2.34. The number of nitrogens with one attached hydrogen (secondary N) is 2. The summed E-state index contributed by atoms with van der Waals surface area (Å²) >= 11 is 5.67. The molecule has 5 heteroatoms. The summed E-state index contributed by atoms with van der Waals surface area (Å²) in [7, 11) is 0. The first-order chi connectivity index (χ1) is 7.08. The van der Waals surface area contributed by atoms with Gasteiger partial charge in [-0.05, 0) is 26.0 Å². The summed E-state index contributed by atoms with van der Waals surface area (Å²) in [5.74, 6) is 0.583. The van der Waals surface area contributed by atoms with Crippen LogP contribution in [-0.4, -0.2) is 23.5 Å². The number of nitrogens with zero attached hydrogens (tertiary/aromatic N) is 1. The molecule has 4 nitrogen and oxygen atoms in total. The molecule has 1 heterocycles. The minimum atomic E-state index is -0.0539. The van der Waals surface area contributed by atoms with Gasteiger partial charge in [0.15, 0.2) is 0 Å². The maximum Gasteiger partial charge on any atom is 0.239 e. The van der Waals surface area contributed by atoms with Crippen LogP contribution in [-0.2, 0) is 4.79 Å². The molecule has 1 amide bonds. The molecule has 0 aliphatic rings. The zero-order valence-corrected chi connectivity index (χ0v) is 9.51. The van der Waals surface area contributed by atoms with Crippen molar-refractivity contribution < 1.29 is 4.79 Å². The summed E-state index contributed by atoms with van der Waals surface area (Å²) in [4.78, 5) is 15.3. The van der Waals surface area contributed by atoms with Gasteiger partial charge >= 0.3 is 0 Å². The predicted molar refractivity (Wildman–Crippen MR) is 61.0 cm³/mol. The van der Waals surface area contributed by atoms with E-state index >= 15 is 0 Å². The zero-order chi connectivity index (χ0) is 11.3. The van der Waals surface area contributed by atoms with E-state index in [4.69, 9.17) is 11.6 Å². The average Bonchev–Trinajstić information content (AvgIpc) is 2.16. The molecule has 0 saturated carbocycles. The molecule has 82 valence electrons. The van der Waals surface area contributed by atoms with Gasteiger partial charge in [0.05, 0.1) is 11.6 Å². The summed E-state index contributed by atoms with van der Waals surface area (Å²) in [5, 5.41) is 6.24. The highest BCUT2D eigenvalue weighted by atomic mass is 35.5. The SMILES string of the molecule is CC(C)NC(=O)CNc1ccc(Cl)cn1. The number of hydrogen-bond acceptors (Lipinski definition) is 3. The lowest BCUT2D eigenvalue weighted by Gasteiger charge is -2.09. The Morgan fingerprint density at radius 2 is 2.27 bits per heavy atom. The van der Waals surface area contributed by atoms with Crippen LogP contribution < -0.4 is 10.6 Å². The Kier molecular flexibility index (Phi) is 4.37. The lowest BCUT2D eigenvalue weighted by molar-refractivity contribution is -0.119. The van der Waals surface area contributed by atoms with Crippen LogP contribution in [0.1, 0.15) is 13.8 Å². The van der Waals surface area contributed by atoms with E-state index in [1.807, 2.05) is 13.8 Å². The third kappa shape index (κ3) is 4.65. The fourth-order valence-corrected chi connectivity index (χ4v) is 1.14. The first-order valence-electron chi connectivity index (χ1n) is 4.72. The number of aromatic nitrogens is 1. The van der Waals surface area contributed by atoms with Crippen molar-refractivity contribution in [3.63, 3.8) is 0 Å². The largest absolute Gasteiger partial charge is 0.361 e. The Hall–Kier alpha value is -1.29. The van der Waals surface area contributed by atoms with E-state index < -0.39 is 0 Å². The van der Waals surface area contributed by atoms with Crippen molar-refractivity contribution >= 4 is 23.3 Å². The number of rotatable bonds is 4. The van der Waals surface area contributed by atoms with E-state index in [1.165, 1.54) is 6.20 Å². The molecule has 2 N–H and O–H groups in total. The third-order valence-electron chi connectivity index (χ3n) is 1.61. The van der Waals surface area contributed by atoms with Gasteiger partial charge in [0.2, 0.25) is 5.91 Å². The number of carbonyl (C=O) groups excluding carboxylic acids is 1. The standard InChI is InChI=1S/C10H14ClN3O/c1-7(2)14-10(15)6-13-9-4-3-8(11)5-12-9/h3-5,7H,6H2,1-2H3,(H,12,13)(H,14,15). The first-order valence-corrected chi connectivity index (χ1v) is 5.10. The van der Waals surface area contributed by atoms with E-state index in [2.05, 4.69) is 15.6 Å². The van der Waals surface area contributed by atoms with Gasteiger partial charge in [-0.2, -0.15) is 0 Å². The van der Waals surface area contributed by atoms with Gasteiger partial charge in [-0.1, -0.05) is 11.6 Å². The van der Waals surface area contributed by atoms with Crippen molar-refractivity contribution in [3.8, 4) is 0 Å². The molecule has 0 aliphatic carbocycles. The van der Waals surface area contributed by atoms with Crippen LogP contribution in [0.2, 0.25) is 5.02 Å². The van der Waals surface area contributed by atoms with Gasteiger partial charge < -0.3 is 10.6 Å². The molecule has 0 unspecified atom stereocenters. The van der Waals surface area contributed by atoms with E-state index in [9.17, 15) is 4.79 Å². The highest BCUT2D eigenvalue weighted by Gasteiger charge is 2.02. The van der Waals surface area contributed by atoms with Crippen LogP contribution in [0.25, 0.3) is 0 Å². The van der Waals surface area contributed by atoms with Gasteiger partial charge in [-0.3, -0.25) is 4.79 Å². The molecule has 15 heavy (non-hydrogen) atoms. The minimum absolute atomic E-state index is 0.0539. The summed E-state index contributed by atoms with van der Waals surface area (Å²) in [6.45, 7) is 4.05. The molecule has 0 saturated heterocycles. The Labute approximate surface area is 94.0 Å². The normalized spacial score (nSPS) is 10.1. The van der Waals surface area contributed by atoms with Crippen LogP contribution in [0.5, 0.6) is 0 Å². The van der Waals surface area contributed by atoms with E-state index in [1.54, 1.807) is 12.1 Å². The average molecular weight is 228 g/mol. The van der Waals surface area contributed by atoms with E-state index in [-0.39, 0.29) is 18.5 Å². The summed E-state index contributed by atoms with van der Waals surface area (Å²) in [6.07, 6.45) is 1.53. The summed E-state index contributed by atoms with van der Waals surface area (Å²) in [5.41, 5.74) is 0. The quantitative estimate of drug-likeness (QED) is 0.823. The minimum Gasteiger partial charge on any atom is -0.361 e. The number of carbonyl (C=O) groups is 1. The molecule has 0 aliphatic heterocycles. The molecule has 0 fully saturated rings. The molecule has 0 radical (unpaired) electrons. The predicted octanol–water partition coefficient (Wildman–Crippen LogP) is 1.67. The van der Waals surface area contributed by atoms with Gasteiger partial charge in [-0.15, -0.1) is 0 Å². The lowest BCUT2D eigenvalue weighted by atomic mass is 10.4. The number of amides is 1. The molecule has 1 aromatic heterocycles. The van der Waals surface area contributed by atoms with Gasteiger partial charge in [0.1, 0.15) is 5.82 Å². The van der Waals surface area contributed by atoms with Gasteiger partial charge in [-0.25, -0.2) is 4.98 Å². The highest BCUT2D eigenvalue weighted by Crippen LogP contribution is 2.08. The Morgan fingerprint density at radius 1 is 1.53 bits per heavy atom. The molecular formula is C10H14ClN3O. The highest BCUT2D eigenvalue weighted by molar-refractivity contribution is 6.30. The third-order valence-corrected chi connectivity index (χ3v) is 1.83. The molecule has 1 rings (SSSR count). The number of anilines is 1. The fraction of sp³-hybridized carbons (Fsp3) is 0.400. The molecule has 0 spiro atoms. The number of pyridine rings is 1. The second-order valence-electron chi connectivity index (χ2n) is 3.44. The Morgan fingerprint density at radius 3 is 2.80 bits per heavy atom. The monoisotopic (exact) mass is 227 g/mol. The summed E-state index contributed by atoms with van der Waals surface area (Å²) in [6, 6.07) is 3.60. The van der Waals surface area contributed by atoms with Gasteiger partial charge in [0, 0.05) is 12.2 Å². The van der Waals surface area contributed by atoms with Crippen molar-refractivity contribution in [2.24, 2.45) is 0 Å². The Bertz CT molecular complexity index is 324. The van der Waals surface area contributed by atoms with Crippen LogP contribution in [0.4, 0.5) is 5.82 Å². The molecule has 0 aromatic carbocycles. The molecule has 0 atom stereocenters. The maximum atomic E-state index is 11.3. The molecule has 0 bridgehead atoms. The topological polar surface area (TPSA) is 54.0 Å². The van der Waals surface area contributed by atoms with E-state index in [0.29, 0.717) is 10.8 Å². The van der Waals surface area contributed by atoms with E-state index in [0.717, 1.165) is 0 Å². The van der Waals surface area contributed by atoms with Crippen molar-refractivity contribution in [1.29, 1.82) is 0 Å². The smallest absolute Gasteiger partial charge is 0.239 e. The molecular weight excluding hydrogens is 214 g/mol. The Balaban J connectivity index is 2.37. The first kappa shape index (κ1) is 11.8.